The molecule has 0 radical (unpaired) electrons. The van der Waals surface area contributed by atoms with Crippen molar-refractivity contribution in [3.63, 3.8) is 0 Å². The van der Waals surface area contributed by atoms with Crippen LogP contribution in [0.1, 0.15) is 38.9 Å². The molecule has 2 unspecified atom stereocenters. The lowest BCUT2D eigenvalue weighted by Crippen LogP contribution is -2.46. The molecule has 18 heavy (non-hydrogen) atoms. The molecule has 0 spiro atoms. The molecule has 102 valence electrons. The van der Waals surface area contributed by atoms with Crippen LogP contribution in [0.5, 0.6) is 5.75 Å². The second kappa shape index (κ2) is 6.68. The molecule has 0 bridgehead atoms. The number of nitrogens with zero attached hydrogens (tertiary/aromatic N) is 1. The van der Waals surface area contributed by atoms with Gasteiger partial charge in [0.1, 0.15) is 11.4 Å². The fourth-order valence-corrected chi connectivity index (χ4v) is 2.06. The van der Waals surface area contributed by atoms with Crippen LogP contribution in [-0.4, -0.2) is 24.3 Å². The van der Waals surface area contributed by atoms with Crippen LogP contribution < -0.4 is 16.0 Å². The number of pyridine rings is 1. The SMILES string of the molecule is CCOC(C)(CC)C(NN)c1ncccc1OC. The monoisotopic (exact) mass is 253 g/mol. The average Bonchev–Trinajstić information content (AvgIpc) is 2.40. The van der Waals surface area contributed by atoms with Crippen molar-refractivity contribution in [2.75, 3.05) is 13.7 Å². The summed E-state index contributed by atoms with van der Waals surface area (Å²) in [5, 5.41) is 0. The van der Waals surface area contributed by atoms with E-state index < -0.39 is 5.60 Å². The molecule has 1 heterocycles. The van der Waals surface area contributed by atoms with E-state index in [4.69, 9.17) is 15.3 Å². The van der Waals surface area contributed by atoms with E-state index in [1.54, 1.807) is 13.3 Å². The van der Waals surface area contributed by atoms with Crippen LogP contribution in [0.2, 0.25) is 0 Å². The number of methoxy groups -OCH3 is 1. The second-order valence-corrected chi connectivity index (χ2v) is 4.29. The number of hydrazine groups is 1. The molecular weight excluding hydrogens is 230 g/mol. The lowest BCUT2D eigenvalue weighted by molar-refractivity contribution is -0.0578. The van der Waals surface area contributed by atoms with Crippen molar-refractivity contribution in [1.29, 1.82) is 0 Å². The highest BCUT2D eigenvalue weighted by Gasteiger charge is 2.36. The minimum atomic E-state index is -0.425. The van der Waals surface area contributed by atoms with E-state index in [9.17, 15) is 0 Å². The van der Waals surface area contributed by atoms with Crippen molar-refractivity contribution >= 4 is 0 Å². The van der Waals surface area contributed by atoms with Gasteiger partial charge in [-0.1, -0.05) is 6.92 Å². The van der Waals surface area contributed by atoms with Crippen LogP contribution in [0.3, 0.4) is 0 Å². The average molecular weight is 253 g/mol. The van der Waals surface area contributed by atoms with E-state index in [1.165, 1.54) is 0 Å². The molecule has 0 saturated carbocycles. The molecule has 1 aromatic heterocycles. The van der Waals surface area contributed by atoms with Crippen LogP contribution in [0.25, 0.3) is 0 Å². The van der Waals surface area contributed by atoms with Gasteiger partial charge in [0.2, 0.25) is 0 Å². The Bertz CT molecular complexity index is 373. The molecule has 1 rings (SSSR count). The topological polar surface area (TPSA) is 69.4 Å². The van der Waals surface area contributed by atoms with Crippen LogP contribution in [0.4, 0.5) is 0 Å². The number of nitrogens with two attached hydrogens (primary N) is 1. The van der Waals surface area contributed by atoms with Crippen LogP contribution in [0.15, 0.2) is 18.3 Å². The van der Waals surface area contributed by atoms with Gasteiger partial charge in [0.15, 0.2) is 0 Å². The van der Waals surface area contributed by atoms with Crippen molar-refractivity contribution in [2.24, 2.45) is 5.84 Å². The standard InChI is InChI=1S/C13H23N3O2/c1-5-13(3,18-6-2)12(16-14)11-10(17-4)8-7-9-15-11/h7-9,12,16H,5-6,14H2,1-4H3. The molecule has 3 N–H and O–H groups in total. The highest BCUT2D eigenvalue weighted by atomic mass is 16.5. The number of hydrogen-bond acceptors (Lipinski definition) is 5. The lowest BCUT2D eigenvalue weighted by atomic mass is 9.90. The van der Waals surface area contributed by atoms with Gasteiger partial charge in [-0.2, -0.15) is 0 Å². The van der Waals surface area contributed by atoms with Gasteiger partial charge in [0.05, 0.1) is 18.8 Å². The van der Waals surface area contributed by atoms with Gasteiger partial charge in [0, 0.05) is 12.8 Å². The first-order chi connectivity index (χ1) is 8.62. The summed E-state index contributed by atoms with van der Waals surface area (Å²) in [4.78, 5) is 4.37. The summed E-state index contributed by atoms with van der Waals surface area (Å²) in [6.45, 7) is 6.68. The van der Waals surface area contributed by atoms with Gasteiger partial charge >= 0.3 is 0 Å². The largest absolute Gasteiger partial charge is 0.495 e. The zero-order valence-electron chi connectivity index (χ0n) is 11.6. The van der Waals surface area contributed by atoms with E-state index in [1.807, 2.05) is 26.0 Å². The van der Waals surface area contributed by atoms with Gasteiger partial charge in [-0.05, 0) is 32.4 Å². The summed E-state index contributed by atoms with van der Waals surface area (Å²) in [6.07, 6.45) is 2.54. The Morgan fingerprint density at radius 3 is 2.72 bits per heavy atom. The van der Waals surface area contributed by atoms with Gasteiger partial charge in [-0.25, -0.2) is 5.43 Å². The van der Waals surface area contributed by atoms with E-state index in [0.717, 1.165) is 12.1 Å². The Morgan fingerprint density at radius 1 is 1.50 bits per heavy atom. The second-order valence-electron chi connectivity index (χ2n) is 4.29. The van der Waals surface area contributed by atoms with Crippen LogP contribution in [0, 0.1) is 0 Å². The van der Waals surface area contributed by atoms with Crippen molar-refractivity contribution in [3.05, 3.63) is 24.0 Å². The number of hydrogen-bond donors (Lipinski definition) is 2. The molecule has 0 aliphatic carbocycles. The minimum Gasteiger partial charge on any atom is -0.495 e. The Labute approximate surface area is 109 Å². The van der Waals surface area contributed by atoms with Crippen molar-refractivity contribution in [3.8, 4) is 5.75 Å². The minimum absolute atomic E-state index is 0.224. The number of rotatable bonds is 7. The van der Waals surface area contributed by atoms with E-state index in [-0.39, 0.29) is 6.04 Å². The third kappa shape index (κ3) is 2.98. The molecule has 1 aromatic rings. The molecule has 5 nitrogen and oxygen atoms in total. The Balaban J connectivity index is 3.15. The van der Waals surface area contributed by atoms with Crippen LogP contribution >= 0.6 is 0 Å². The number of aromatic nitrogens is 1. The molecule has 2 atom stereocenters. The van der Waals surface area contributed by atoms with E-state index >= 15 is 0 Å². The maximum Gasteiger partial charge on any atom is 0.142 e. The van der Waals surface area contributed by atoms with E-state index in [0.29, 0.717) is 12.4 Å². The summed E-state index contributed by atoms with van der Waals surface area (Å²) in [7, 11) is 1.62. The number of ether oxygens (including phenoxy) is 2. The summed E-state index contributed by atoms with van der Waals surface area (Å²) >= 11 is 0. The van der Waals surface area contributed by atoms with Crippen molar-refractivity contribution < 1.29 is 9.47 Å². The normalized spacial score (nSPS) is 16.1. The summed E-state index contributed by atoms with van der Waals surface area (Å²) in [5.41, 5.74) is 3.14. The van der Waals surface area contributed by atoms with Gasteiger partial charge in [-0.3, -0.25) is 10.8 Å². The smallest absolute Gasteiger partial charge is 0.142 e. The molecule has 5 heteroatoms. The van der Waals surface area contributed by atoms with Crippen molar-refractivity contribution in [2.45, 2.75) is 38.8 Å². The quantitative estimate of drug-likeness (QED) is 0.573. The summed E-state index contributed by atoms with van der Waals surface area (Å²) in [6, 6.07) is 3.48. The van der Waals surface area contributed by atoms with Gasteiger partial charge < -0.3 is 9.47 Å². The van der Waals surface area contributed by atoms with Gasteiger partial charge in [-0.15, -0.1) is 0 Å². The molecular formula is C13H23N3O2. The van der Waals surface area contributed by atoms with Crippen LogP contribution in [-0.2, 0) is 4.74 Å². The first-order valence-corrected chi connectivity index (χ1v) is 6.21. The van der Waals surface area contributed by atoms with E-state index in [2.05, 4.69) is 17.3 Å². The molecule has 0 aliphatic heterocycles. The zero-order valence-corrected chi connectivity index (χ0v) is 11.6. The highest BCUT2D eigenvalue weighted by Crippen LogP contribution is 2.34. The predicted octanol–water partition coefficient (Wildman–Crippen LogP) is 1.80. The third-order valence-electron chi connectivity index (χ3n) is 3.25. The van der Waals surface area contributed by atoms with Crippen molar-refractivity contribution in [1.82, 2.24) is 10.4 Å². The summed E-state index contributed by atoms with van der Waals surface area (Å²) in [5.74, 6) is 6.40. The Hall–Kier alpha value is -1.17. The first kappa shape index (κ1) is 14.9. The fourth-order valence-electron chi connectivity index (χ4n) is 2.06. The molecule has 0 saturated heterocycles. The molecule has 0 fully saturated rings. The Kier molecular flexibility index (Phi) is 5.53. The lowest BCUT2D eigenvalue weighted by Gasteiger charge is -2.36. The molecule has 0 aromatic carbocycles. The molecule has 0 amide bonds. The maximum atomic E-state index is 5.85. The highest BCUT2D eigenvalue weighted by molar-refractivity contribution is 5.31. The zero-order chi connectivity index (χ0) is 13.6. The predicted molar refractivity (Wildman–Crippen MR) is 71.2 cm³/mol. The number of nitrogens with one attached hydrogen (secondary N) is 1. The first-order valence-electron chi connectivity index (χ1n) is 6.21. The fraction of sp³-hybridized carbons (Fsp3) is 0.615. The third-order valence-corrected chi connectivity index (χ3v) is 3.25. The molecule has 0 aliphatic rings. The summed E-state index contributed by atoms with van der Waals surface area (Å²) < 4.78 is 11.2. The van der Waals surface area contributed by atoms with Gasteiger partial charge in [0.25, 0.3) is 0 Å². The maximum absolute atomic E-state index is 5.85. The Morgan fingerprint density at radius 2 is 2.22 bits per heavy atom.